The molecule has 0 saturated carbocycles. The normalized spacial score (nSPS) is 10.3. The number of H-pyrrole nitrogens is 1. The summed E-state index contributed by atoms with van der Waals surface area (Å²) in [6.45, 7) is 29.4. The van der Waals surface area contributed by atoms with Crippen LogP contribution in [-0.2, 0) is 0 Å². The van der Waals surface area contributed by atoms with Crippen LogP contribution in [-0.4, -0.2) is 70.1 Å². The van der Waals surface area contributed by atoms with Crippen LogP contribution in [0.25, 0.3) is 0 Å². The standard InChI is InChI=1S/C8H11N.2C7H10N2.2C6H10N2.C5H9N3.C5H8N2O/c1-7(2)8-3-5-9-6-4-8;1-6(2)7-3-8-5-9-4-7;1-6(2)7-5-8-3-4-9-7;1-6(2)8-5-3-4-7-8;1-5(2)6-3-4-7-8-6;1-5(2)8-6-3-4-7-8;1-4(2)5-7-6-3-8-5/h3-7H,1-2H3;2*3-6H,1-2H3;3-6H,1-2H3;3-5H,1-2H3,(H,7,8);3-5H,1-2H3;3-4H,1-2H3. The van der Waals surface area contributed by atoms with Gasteiger partial charge in [-0.15, -0.1) is 10.2 Å². The Morgan fingerprint density at radius 3 is 1.47 bits per heavy atom. The summed E-state index contributed by atoms with van der Waals surface area (Å²) in [5.74, 6) is 3.25. The summed E-state index contributed by atoms with van der Waals surface area (Å²) < 4.78 is 6.79. The number of hydrogen-bond donors (Lipinski definition) is 1. The first-order valence-electron chi connectivity index (χ1n) is 20.1. The van der Waals surface area contributed by atoms with Crippen LogP contribution in [0.4, 0.5) is 0 Å². The molecule has 0 unspecified atom stereocenters. The summed E-state index contributed by atoms with van der Waals surface area (Å²) in [5, 5.41) is 25.8. The molecule has 0 fully saturated rings. The van der Waals surface area contributed by atoms with Crippen molar-refractivity contribution in [3.05, 3.63) is 140 Å². The average molecular weight is 809 g/mol. The zero-order valence-corrected chi connectivity index (χ0v) is 37.7. The molecule has 0 spiro atoms. The van der Waals surface area contributed by atoms with Gasteiger partial charge in [-0.25, -0.2) is 9.97 Å². The van der Waals surface area contributed by atoms with Crippen molar-refractivity contribution in [2.45, 2.75) is 139 Å². The van der Waals surface area contributed by atoms with Crippen molar-refractivity contribution < 1.29 is 4.42 Å². The first kappa shape index (κ1) is 51.0. The van der Waals surface area contributed by atoms with E-state index in [9.17, 15) is 0 Å². The number of aromatic nitrogens is 14. The highest BCUT2D eigenvalue weighted by molar-refractivity contribution is 5.13. The molecule has 7 rings (SSSR count). The van der Waals surface area contributed by atoms with Gasteiger partial charge < -0.3 is 4.42 Å². The van der Waals surface area contributed by atoms with Gasteiger partial charge >= 0.3 is 0 Å². The molecule has 7 aromatic rings. The van der Waals surface area contributed by atoms with Gasteiger partial charge in [0.25, 0.3) is 0 Å². The molecule has 0 aromatic carbocycles. The van der Waals surface area contributed by atoms with Gasteiger partial charge in [-0.3, -0.25) is 24.7 Å². The molecule has 0 saturated heterocycles. The van der Waals surface area contributed by atoms with E-state index in [2.05, 4.69) is 130 Å². The number of aromatic amines is 1. The van der Waals surface area contributed by atoms with E-state index in [4.69, 9.17) is 4.42 Å². The number of nitrogens with zero attached hydrogens (tertiary/aromatic N) is 13. The van der Waals surface area contributed by atoms with Crippen molar-refractivity contribution in [2.24, 2.45) is 0 Å². The van der Waals surface area contributed by atoms with Gasteiger partial charge in [0.15, 0.2) is 0 Å². The van der Waals surface area contributed by atoms with Gasteiger partial charge in [0.1, 0.15) is 6.33 Å². The van der Waals surface area contributed by atoms with E-state index in [0.29, 0.717) is 47.6 Å². The zero-order chi connectivity index (χ0) is 44.0. The van der Waals surface area contributed by atoms with Crippen LogP contribution in [0.5, 0.6) is 0 Å². The van der Waals surface area contributed by atoms with E-state index in [1.807, 2.05) is 87.6 Å². The largest absolute Gasteiger partial charge is 0.428 e. The Hall–Kier alpha value is -5.99. The molecule has 7 heterocycles. The van der Waals surface area contributed by atoms with E-state index in [1.54, 1.807) is 54.5 Å². The fourth-order valence-corrected chi connectivity index (χ4v) is 4.07. The summed E-state index contributed by atoms with van der Waals surface area (Å²) in [5.41, 5.74) is 4.80. The number of hydrogen-bond acceptors (Lipinski definition) is 12. The summed E-state index contributed by atoms with van der Waals surface area (Å²) in [6.07, 6.45) is 24.3. The lowest BCUT2D eigenvalue weighted by Gasteiger charge is -2.01. The summed E-state index contributed by atoms with van der Waals surface area (Å²) in [4.78, 5) is 21.4. The molecule has 15 nitrogen and oxygen atoms in total. The van der Waals surface area contributed by atoms with Crippen LogP contribution in [0.1, 0.15) is 167 Å². The number of rotatable bonds is 7. The summed E-state index contributed by atoms with van der Waals surface area (Å²) in [6, 6.07) is 8.88. The number of nitrogens with one attached hydrogen (secondary N) is 1. The molecule has 1 N–H and O–H groups in total. The maximum absolute atomic E-state index is 4.87. The van der Waals surface area contributed by atoms with Crippen LogP contribution in [0.2, 0.25) is 0 Å². The fraction of sp³-hybridized carbons (Fsp3) is 0.477. The van der Waals surface area contributed by atoms with Gasteiger partial charge in [-0.2, -0.15) is 25.2 Å². The molecule has 320 valence electrons. The second-order valence-electron chi connectivity index (χ2n) is 15.2. The molecule has 7 aromatic heterocycles. The van der Waals surface area contributed by atoms with Crippen molar-refractivity contribution in [3.8, 4) is 0 Å². The van der Waals surface area contributed by atoms with Crippen molar-refractivity contribution in [3.63, 3.8) is 0 Å². The molecule has 0 aliphatic heterocycles. The van der Waals surface area contributed by atoms with Crippen LogP contribution in [0.3, 0.4) is 0 Å². The molecule has 0 bridgehead atoms. The molecule has 0 aliphatic carbocycles. The third kappa shape index (κ3) is 23.7. The average Bonchev–Trinajstić information content (AvgIpc) is 4.09. The second kappa shape index (κ2) is 30.1. The highest BCUT2D eigenvalue weighted by atomic mass is 16.4. The van der Waals surface area contributed by atoms with Crippen molar-refractivity contribution in [2.75, 3.05) is 0 Å². The molecule has 0 amide bonds. The zero-order valence-electron chi connectivity index (χ0n) is 37.7. The minimum atomic E-state index is 0.345. The SMILES string of the molecule is CC(C)c1ccn[nH]1.CC(C)c1ccncc1.CC(C)c1cnccn1.CC(C)c1cncnc1.CC(C)c1nnco1.CC(C)n1cccn1.CC(C)n1nccn1. The van der Waals surface area contributed by atoms with Gasteiger partial charge in [0.05, 0.1) is 24.1 Å². The van der Waals surface area contributed by atoms with E-state index < -0.39 is 0 Å². The lowest BCUT2D eigenvalue weighted by atomic mass is 10.1. The second-order valence-corrected chi connectivity index (χ2v) is 15.2. The molecular formula is C44H68N14O. The van der Waals surface area contributed by atoms with Crippen molar-refractivity contribution in [1.82, 2.24) is 70.1 Å². The Morgan fingerprint density at radius 1 is 0.542 bits per heavy atom. The molecular weight excluding hydrogens is 741 g/mol. The monoisotopic (exact) mass is 809 g/mol. The smallest absolute Gasteiger partial charge is 0.218 e. The minimum Gasteiger partial charge on any atom is -0.428 e. The van der Waals surface area contributed by atoms with Gasteiger partial charge in [0.2, 0.25) is 12.3 Å². The molecule has 0 atom stereocenters. The predicted octanol–water partition coefficient (Wildman–Crippen LogP) is 10.5. The van der Waals surface area contributed by atoms with Crippen LogP contribution >= 0.6 is 0 Å². The predicted molar refractivity (Wildman–Crippen MR) is 235 cm³/mol. The quantitative estimate of drug-likeness (QED) is 0.161. The van der Waals surface area contributed by atoms with Crippen molar-refractivity contribution in [1.29, 1.82) is 0 Å². The Balaban J connectivity index is 0.000000344. The Morgan fingerprint density at radius 2 is 1.19 bits per heavy atom. The van der Waals surface area contributed by atoms with Crippen LogP contribution in [0, 0.1) is 0 Å². The van der Waals surface area contributed by atoms with E-state index >= 15 is 0 Å². The molecule has 0 aliphatic rings. The Bertz CT molecular complexity index is 1620. The highest BCUT2D eigenvalue weighted by Crippen LogP contribution is 2.12. The highest BCUT2D eigenvalue weighted by Gasteiger charge is 2.02. The first-order chi connectivity index (χ1) is 28.1. The summed E-state index contributed by atoms with van der Waals surface area (Å²) >= 11 is 0. The van der Waals surface area contributed by atoms with E-state index in [0.717, 1.165) is 5.69 Å². The van der Waals surface area contributed by atoms with Crippen LogP contribution in [0.15, 0.2) is 116 Å². The summed E-state index contributed by atoms with van der Waals surface area (Å²) in [7, 11) is 0. The lowest BCUT2D eigenvalue weighted by Crippen LogP contribution is -2.03. The minimum absolute atomic E-state index is 0.345. The van der Waals surface area contributed by atoms with E-state index in [1.165, 1.54) is 23.2 Å². The molecule has 59 heavy (non-hydrogen) atoms. The number of pyridine rings is 1. The van der Waals surface area contributed by atoms with Crippen molar-refractivity contribution >= 4 is 0 Å². The maximum Gasteiger partial charge on any atom is 0.218 e. The third-order valence-electron chi connectivity index (χ3n) is 7.76. The van der Waals surface area contributed by atoms with Gasteiger partial charge in [-0.05, 0) is 86.8 Å². The van der Waals surface area contributed by atoms with Gasteiger partial charge in [-0.1, -0.05) is 69.2 Å². The van der Waals surface area contributed by atoms with E-state index in [-0.39, 0.29) is 0 Å². The van der Waals surface area contributed by atoms with Gasteiger partial charge in [0, 0.05) is 79.6 Å². The topological polar surface area (TPSA) is 181 Å². The Labute approximate surface area is 352 Å². The first-order valence-corrected chi connectivity index (χ1v) is 20.1. The molecule has 0 radical (unpaired) electrons. The van der Waals surface area contributed by atoms with Crippen LogP contribution < -0.4 is 0 Å². The molecule has 15 heteroatoms. The maximum atomic E-state index is 4.87. The Kier molecular flexibility index (Phi) is 26.1. The third-order valence-corrected chi connectivity index (χ3v) is 7.76. The lowest BCUT2D eigenvalue weighted by molar-refractivity contribution is 0.466. The fourth-order valence-electron chi connectivity index (χ4n) is 4.07.